The number of carbonyl (C=O) groups excluding carboxylic acids is 1. The smallest absolute Gasteiger partial charge is 0.279 e. The summed E-state index contributed by atoms with van der Waals surface area (Å²) in [5, 5.41) is 0. The minimum atomic E-state index is -3.59. The molecule has 1 heterocycles. The molecule has 0 radical (unpaired) electrons. The normalized spacial score (nSPS) is 12.6. The third-order valence-corrected chi connectivity index (χ3v) is 8.39. The number of benzene rings is 2. The molecule has 0 unspecified atom stereocenters. The summed E-state index contributed by atoms with van der Waals surface area (Å²) < 4.78 is 35.6. The molecule has 3 aromatic rings. The lowest BCUT2D eigenvalue weighted by atomic mass is 10.2. The molecule has 32 heavy (non-hydrogen) atoms. The average molecular weight is 476 g/mol. The van der Waals surface area contributed by atoms with Crippen LogP contribution in [0, 0.1) is 6.92 Å². The van der Waals surface area contributed by atoms with Gasteiger partial charge in [-0.15, -0.1) is 0 Å². The SMILES string of the molecule is CCCN(CCC)S(=O)(=O)c1ccc(C(=O)N=c2sc3c(C)ccc(OC)c3n2C)cc1. The van der Waals surface area contributed by atoms with E-state index in [1.54, 1.807) is 7.11 Å². The van der Waals surface area contributed by atoms with E-state index < -0.39 is 15.9 Å². The van der Waals surface area contributed by atoms with Crippen molar-refractivity contribution in [2.24, 2.45) is 12.0 Å². The number of fused-ring (bicyclic) bond motifs is 1. The van der Waals surface area contributed by atoms with E-state index in [4.69, 9.17) is 4.74 Å². The maximum Gasteiger partial charge on any atom is 0.279 e. The molecule has 0 aliphatic rings. The Bertz CT molecular complexity index is 1280. The van der Waals surface area contributed by atoms with Crippen LogP contribution in [0.5, 0.6) is 5.75 Å². The molecule has 0 atom stereocenters. The molecule has 0 aliphatic heterocycles. The van der Waals surface area contributed by atoms with Gasteiger partial charge in [0.2, 0.25) is 10.0 Å². The summed E-state index contributed by atoms with van der Waals surface area (Å²) in [6.45, 7) is 6.84. The van der Waals surface area contributed by atoms with Crippen molar-refractivity contribution in [2.75, 3.05) is 20.2 Å². The number of ether oxygens (including phenoxy) is 1. The van der Waals surface area contributed by atoms with Crippen LogP contribution < -0.4 is 9.54 Å². The zero-order chi connectivity index (χ0) is 23.5. The molecule has 0 spiro atoms. The van der Waals surface area contributed by atoms with Crippen molar-refractivity contribution in [1.82, 2.24) is 8.87 Å². The van der Waals surface area contributed by atoms with Crippen LogP contribution >= 0.6 is 11.3 Å². The molecule has 1 amide bonds. The highest BCUT2D eigenvalue weighted by atomic mass is 32.2. The van der Waals surface area contributed by atoms with Gasteiger partial charge in [-0.2, -0.15) is 9.30 Å². The fourth-order valence-electron chi connectivity index (χ4n) is 3.54. The Labute approximate surface area is 193 Å². The summed E-state index contributed by atoms with van der Waals surface area (Å²) in [6, 6.07) is 9.88. The van der Waals surface area contributed by atoms with E-state index >= 15 is 0 Å². The summed E-state index contributed by atoms with van der Waals surface area (Å²) >= 11 is 1.42. The van der Waals surface area contributed by atoms with Crippen LogP contribution in [0.15, 0.2) is 46.3 Å². The summed E-state index contributed by atoms with van der Waals surface area (Å²) in [7, 11) is -0.129. The Kier molecular flexibility index (Phi) is 7.53. The van der Waals surface area contributed by atoms with Gasteiger partial charge in [0.15, 0.2) is 4.80 Å². The van der Waals surface area contributed by atoms with E-state index in [2.05, 4.69) is 4.99 Å². The van der Waals surface area contributed by atoms with Crippen LogP contribution in [0.25, 0.3) is 10.2 Å². The number of thiazole rings is 1. The van der Waals surface area contributed by atoms with Crippen molar-refractivity contribution in [3.8, 4) is 5.75 Å². The number of nitrogens with zero attached hydrogens (tertiary/aromatic N) is 3. The van der Waals surface area contributed by atoms with Crippen LogP contribution in [0.4, 0.5) is 0 Å². The molecule has 0 bridgehead atoms. The van der Waals surface area contributed by atoms with Gasteiger partial charge >= 0.3 is 0 Å². The first-order valence-electron chi connectivity index (χ1n) is 10.6. The van der Waals surface area contributed by atoms with Gasteiger partial charge in [-0.1, -0.05) is 31.3 Å². The lowest BCUT2D eigenvalue weighted by Gasteiger charge is -2.21. The van der Waals surface area contributed by atoms with Crippen molar-refractivity contribution in [3.05, 3.63) is 52.3 Å². The highest BCUT2D eigenvalue weighted by Crippen LogP contribution is 2.29. The molecular formula is C23H29N3O4S2. The number of aryl methyl sites for hydroxylation is 2. The Balaban J connectivity index is 1.96. The molecule has 0 saturated carbocycles. The molecule has 0 fully saturated rings. The van der Waals surface area contributed by atoms with Crippen LogP contribution in [-0.2, 0) is 17.1 Å². The van der Waals surface area contributed by atoms with Crippen molar-refractivity contribution in [2.45, 2.75) is 38.5 Å². The first-order chi connectivity index (χ1) is 15.2. The van der Waals surface area contributed by atoms with E-state index in [0.717, 1.165) is 34.4 Å². The maximum absolute atomic E-state index is 12.9. The summed E-state index contributed by atoms with van der Waals surface area (Å²) in [4.78, 5) is 17.8. The van der Waals surface area contributed by atoms with Gasteiger partial charge in [0, 0.05) is 25.7 Å². The Morgan fingerprint density at radius 2 is 1.72 bits per heavy atom. The van der Waals surface area contributed by atoms with Crippen molar-refractivity contribution in [3.63, 3.8) is 0 Å². The van der Waals surface area contributed by atoms with Gasteiger partial charge in [0.25, 0.3) is 5.91 Å². The third-order valence-electron chi connectivity index (χ3n) is 5.21. The second kappa shape index (κ2) is 9.97. The first-order valence-corrected chi connectivity index (χ1v) is 12.8. The number of carbonyl (C=O) groups is 1. The number of aromatic nitrogens is 1. The predicted molar refractivity (Wildman–Crippen MR) is 128 cm³/mol. The number of rotatable bonds is 8. The third kappa shape index (κ3) is 4.65. The standard InChI is InChI=1S/C23H29N3O4S2/c1-6-14-26(15-7-2)32(28,29)18-11-9-17(10-12-18)22(27)24-23-25(4)20-19(30-5)13-8-16(3)21(20)31-23/h8-13H,6-7,14-15H2,1-5H3. The number of hydrogen-bond donors (Lipinski definition) is 0. The maximum atomic E-state index is 12.9. The molecule has 0 aliphatic carbocycles. The second-order valence-corrected chi connectivity index (χ2v) is 10.5. The largest absolute Gasteiger partial charge is 0.495 e. The molecule has 2 aromatic carbocycles. The quantitative estimate of drug-likeness (QED) is 0.491. The van der Waals surface area contributed by atoms with Gasteiger partial charge in [0.1, 0.15) is 11.3 Å². The fraction of sp³-hybridized carbons (Fsp3) is 0.391. The lowest BCUT2D eigenvalue weighted by Crippen LogP contribution is -2.32. The van der Waals surface area contributed by atoms with Gasteiger partial charge in [-0.25, -0.2) is 8.42 Å². The summed E-state index contributed by atoms with van der Waals surface area (Å²) in [6.07, 6.45) is 1.48. The van der Waals surface area contributed by atoms with E-state index in [-0.39, 0.29) is 4.90 Å². The van der Waals surface area contributed by atoms with E-state index in [1.165, 1.54) is 39.9 Å². The minimum absolute atomic E-state index is 0.184. The zero-order valence-electron chi connectivity index (χ0n) is 19.1. The fourth-order valence-corrected chi connectivity index (χ4v) is 6.27. The number of sulfonamides is 1. The highest BCUT2D eigenvalue weighted by Gasteiger charge is 2.23. The zero-order valence-corrected chi connectivity index (χ0v) is 20.7. The van der Waals surface area contributed by atoms with E-state index in [0.29, 0.717) is 23.5 Å². The minimum Gasteiger partial charge on any atom is -0.495 e. The van der Waals surface area contributed by atoms with Gasteiger partial charge < -0.3 is 9.30 Å². The monoisotopic (exact) mass is 475 g/mol. The van der Waals surface area contributed by atoms with Gasteiger partial charge in [0.05, 0.1) is 16.7 Å². The predicted octanol–water partition coefficient (Wildman–Crippen LogP) is 4.11. The summed E-state index contributed by atoms with van der Waals surface area (Å²) in [5.41, 5.74) is 2.30. The Morgan fingerprint density at radius 1 is 1.09 bits per heavy atom. The van der Waals surface area contributed by atoms with Crippen molar-refractivity contribution >= 4 is 37.5 Å². The molecule has 1 aromatic heterocycles. The number of hydrogen-bond acceptors (Lipinski definition) is 5. The first kappa shape index (κ1) is 24.2. The lowest BCUT2D eigenvalue weighted by molar-refractivity contribution is 0.0998. The Hall–Kier alpha value is -2.49. The van der Waals surface area contributed by atoms with Crippen molar-refractivity contribution < 1.29 is 17.9 Å². The molecular weight excluding hydrogens is 446 g/mol. The van der Waals surface area contributed by atoms with Gasteiger partial charge in [-0.05, 0) is 55.7 Å². The molecule has 7 nitrogen and oxygen atoms in total. The second-order valence-electron chi connectivity index (χ2n) is 7.55. The molecule has 9 heteroatoms. The molecule has 0 saturated heterocycles. The number of amides is 1. The van der Waals surface area contributed by atoms with E-state index in [9.17, 15) is 13.2 Å². The molecule has 3 rings (SSSR count). The van der Waals surface area contributed by atoms with Crippen LogP contribution in [0.3, 0.4) is 0 Å². The number of methoxy groups -OCH3 is 1. The average Bonchev–Trinajstić information content (AvgIpc) is 3.11. The molecule has 172 valence electrons. The van der Waals surface area contributed by atoms with E-state index in [1.807, 2.05) is 44.5 Å². The van der Waals surface area contributed by atoms with Crippen LogP contribution in [0.1, 0.15) is 42.6 Å². The summed E-state index contributed by atoms with van der Waals surface area (Å²) in [5.74, 6) is 0.295. The van der Waals surface area contributed by atoms with Crippen molar-refractivity contribution in [1.29, 1.82) is 0 Å². The molecule has 0 N–H and O–H groups in total. The topological polar surface area (TPSA) is 81.0 Å². The van der Waals surface area contributed by atoms with Crippen LogP contribution in [0.2, 0.25) is 0 Å². The van der Waals surface area contributed by atoms with Gasteiger partial charge in [-0.3, -0.25) is 4.79 Å². The highest BCUT2D eigenvalue weighted by molar-refractivity contribution is 7.89. The Morgan fingerprint density at radius 3 is 2.28 bits per heavy atom. The van der Waals surface area contributed by atoms with Crippen LogP contribution in [-0.4, -0.2) is 43.4 Å².